The maximum atomic E-state index is 12.8. The quantitative estimate of drug-likeness (QED) is 0.824. The fourth-order valence-electron chi connectivity index (χ4n) is 2.75. The number of hydrogen-bond donors (Lipinski definition) is 1. The second-order valence-electron chi connectivity index (χ2n) is 5.94. The Hall–Kier alpha value is -0.750. The van der Waals surface area contributed by atoms with Gasteiger partial charge in [-0.05, 0) is 60.4 Å². The molecule has 1 N–H and O–H groups in total. The topological polar surface area (TPSA) is 15.3 Å². The molecule has 1 aliphatic heterocycles. The Balaban J connectivity index is 2.19. The van der Waals surface area contributed by atoms with Crippen molar-refractivity contribution in [3.8, 4) is 0 Å². The van der Waals surface area contributed by atoms with Crippen LogP contribution in [0.15, 0.2) is 22.7 Å². The standard InChI is InChI=1S/C15H20BrF3N2/c1-9-8-21(3)10(2)6-13(9)20-14-7-11(15(17,18)19)4-5-12(14)16/h4-5,7,9-10,13,20H,6,8H2,1-3H3. The van der Waals surface area contributed by atoms with Crippen LogP contribution in [0, 0.1) is 5.92 Å². The molecule has 1 saturated heterocycles. The van der Waals surface area contributed by atoms with E-state index in [1.807, 2.05) is 0 Å². The van der Waals surface area contributed by atoms with Crippen LogP contribution >= 0.6 is 15.9 Å². The van der Waals surface area contributed by atoms with Gasteiger partial charge in [-0.1, -0.05) is 6.92 Å². The lowest BCUT2D eigenvalue weighted by atomic mass is 9.89. The number of benzene rings is 1. The lowest BCUT2D eigenvalue weighted by Crippen LogP contribution is -2.48. The fourth-order valence-corrected chi connectivity index (χ4v) is 3.12. The first-order valence-corrected chi connectivity index (χ1v) is 7.81. The Morgan fingerprint density at radius 2 is 1.95 bits per heavy atom. The molecule has 118 valence electrons. The molecule has 6 heteroatoms. The third-order valence-corrected chi connectivity index (χ3v) is 4.94. The van der Waals surface area contributed by atoms with E-state index in [1.54, 1.807) is 0 Å². The van der Waals surface area contributed by atoms with E-state index in [4.69, 9.17) is 0 Å². The third-order valence-electron chi connectivity index (χ3n) is 4.24. The number of nitrogens with zero attached hydrogens (tertiary/aromatic N) is 1. The fraction of sp³-hybridized carbons (Fsp3) is 0.600. The number of hydrogen-bond acceptors (Lipinski definition) is 2. The van der Waals surface area contributed by atoms with Crippen LogP contribution in [0.1, 0.15) is 25.8 Å². The third kappa shape index (κ3) is 3.92. The second-order valence-corrected chi connectivity index (χ2v) is 6.80. The summed E-state index contributed by atoms with van der Waals surface area (Å²) in [6.45, 7) is 5.21. The first-order valence-electron chi connectivity index (χ1n) is 7.02. The summed E-state index contributed by atoms with van der Waals surface area (Å²) >= 11 is 3.33. The summed E-state index contributed by atoms with van der Waals surface area (Å²) in [6.07, 6.45) is -3.40. The van der Waals surface area contributed by atoms with Crippen molar-refractivity contribution in [1.29, 1.82) is 0 Å². The molecule has 3 unspecified atom stereocenters. The number of likely N-dealkylation sites (tertiary alicyclic amines) is 1. The van der Waals surface area contributed by atoms with E-state index < -0.39 is 11.7 Å². The lowest BCUT2D eigenvalue weighted by Gasteiger charge is -2.40. The van der Waals surface area contributed by atoms with Gasteiger partial charge >= 0.3 is 6.18 Å². The van der Waals surface area contributed by atoms with Gasteiger partial charge in [0.1, 0.15) is 0 Å². The van der Waals surface area contributed by atoms with Crippen molar-refractivity contribution in [3.05, 3.63) is 28.2 Å². The highest BCUT2D eigenvalue weighted by Crippen LogP contribution is 2.35. The minimum absolute atomic E-state index is 0.177. The molecular weight excluding hydrogens is 345 g/mol. The average molecular weight is 365 g/mol. The number of alkyl halides is 3. The van der Waals surface area contributed by atoms with E-state index in [1.165, 1.54) is 12.1 Å². The van der Waals surface area contributed by atoms with Crippen molar-refractivity contribution in [2.75, 3.05) is 18.9 Å². The SMILES string of the molecule is CC1CN(C)C(C)CC1Nc1cc(C(F)(F)F)ccc1Br. The Labute approximate surface area is 131 Å². The molecular formula is C15H20BrF3N2. The maximum absolute atomic E-state index is 12.8. The predicted molar refractivity (Wildman–Crippen MR) is 82.4 cm³/mol. The van der Waals surface area contributed by atoms with E-state index in [2.05, 4.69) is 47.0 Å². The van der Waals surface area contributed by atoms with Crippen LogP contribution in [-0.4, -0.2) is 30.6 Å². The zero-order valence-corrected chi connectivity index (χ0v) is 13.9. The Morgan fingerprint density at radius 1 is 1.29 bits per heavy atom. The highest BCUT2D eigenvalue weighted by Gasteiger charge is 2.32. The van der Waals surface area contributed by atoms with E-state index in [-0.39, 0.29) is 6.04 Å². The molecule has 0 spiro atoms. The van der Waals surface area contributed by atoms with Crippen LogP contribution in [0.4, 0.5) is 18.9 Å². The molecule has 0 aromatic heterocycles. The molecule has 2 nitrogen and oxygen atoms in total. The number of halogens is 4. The van der Waals surface area contributed by atoms with Gasteiger partial charge in [0.15, 0.2) is 0 Å². The molecule has 21 heavy (non-hydrogen) atoms. The van der Waals surface area contributed by atoms with E-state index in [9.17, 15) is 13.2 Å². The zero-order chi connectivity index (χ0) is 15.8. The molecule has 1 aliphatic rings. The summed E-state index contributed by atoms with van der Waals surface area (Å²) in [7, 11) is 2.08. The second kappa shape index (κ2) is 6.16. The summed E-state index contributed by atoms with van der Waals surface area (Å²) in [6, 6.07) is 4.32. The highest BCUT2D eigenvalue weighted by molar-refractivity contribution is 9.10. The molecule has 0 saturated carbocycles. The number of anilines is 1. The molecule has 1 heterocycles. The predicted octanol–water partition coefficient (Wildman–Crippen LogP) is 4.61. The van der Waals surface area contributed by atoms with Gasteiger partial charge in [0, 0.05) is 28.8 Å². The van der Waals surface area contributed by atoms with Crippen molar-refractivity contribution in [1.82, 2.24) is 4.90 Å². The smallest absolute Gasteiger partial charge is 0.381 e. The van der Waals surface area contributed by atoms with Gasteiger partial charge in [-0.2, -0.15) is 13.2 Å². The first-order chi connectivity index (χ1) is 9.68. The monoisotopic (exact) mass is 364 g/mol. The Kier molecular flexibility index (Phi) is 4.88. The van der Waals surface area contributed by atoms with Gasteiger partial charge in [0.25, 0.3) is 0 Å². The van der Waals surface area contributed by atoms with Gasteiger partial charge in [0.05, 0.1) is 5.56 Å². The van der Waals surface area contributed by atoms with Crippen LogP contribution in [0.5, 0.6) is 0 Å². The molecule has 0 bridgehead atoms. The van der Waals surface area contributed by atoms with E-state index in [0.29, 0.717) is 22.1 Å². The number of nitrogens with one attached hydrogen (secondary N) is 1. The van der Waals surface area contributed by atoms with Gasteiger partial charge in [-0.3, -0.25) is 0 Å². The number of rotatable bonds is 2. The molecule has 0 amide bonds. The first kappa shape index (κ1) is 16.6. The van der Waals surface area contributed by atoms with Gasteiger partial charge in [-0.25, -0.2) is 0 Å². The summed E-state index contributed by atoms with van der Waals surface area (Å²) < 4.78 is 39.1. The Morgan fingerprint density at radius 3 is 2.57 bits per heavy atom. The summed E-state index contributed by atoms with van der Waals surface area (Å²) in [5, 5.41) is 3.29. The van der Waals surface area contributed by atoms with Crippen molar-refractivity contribution in [2.24, 2.45) is 5.92 Å². The van der Waals surface area contributed by atoms with Crippen LogP contribution in [-0.2, 0) is 6.18 Å². The average Bonchev–Trinajstić information content (AvgIpc) is 2.37. The minimum atomic E-state index is -4.32. The molecule has 2 rings (SSSR count). The molecule has 1 fully saturated rings. The lowest BCUT2D eigenvalue weighted by molar-refractivity contribution is -0.137. The summed E-state index contributed by atoms with van der Waals surface area (Å²) in [5.74, 6) is 0.382. The molecule has 1 aromatic carbocycles. The van der Waals surface area contributed by atoms with Crippen LogP contribution in [0.25, 0.3) is 0 Å². The van der Waals surface area contributed by atoms with Gasteiger partial charge in [0.2, 0.25) is 0 Å². The summed E-state index contributed by atoms with van der Waals surface area (Å²) in [5.41, 5.74) is -0.111. The van der Waals surface area contributed by atoms with Crippen molar-refractivity contribution in [3.63, 3.8) is 0 Å². The van der Waals surface area contributed by atoms with Crippen LogP contribution in [0.3, 0.4) is 0 Å². The largest absolute Gasteiger partial charge is 0.416 e. The van der Waals surface area contributed by atoms with Crippen LogP contribution < -0.4 is 5.32 Å². The molecule has 0 radical (unpaired) electrons. The normalized spacial score (nSPS) is 27.7. The van der Waals surface area contributed by atoms with Gasteiger partial charge < -0.3 is 10.2 Å². The molecule has 0 aliphatic carbocycles. The van der Waals surface area contributed by atoms with Crippen molar-refractivity contribution in [2.45, 2.75) is 38.5 Å². The Bertz CT molecular complexity index is 504. The molecule has 1 aromatic rings. The van der Waals surface area contributed by atoms with Gasteiger partial charge in [-0.15, -0.1) is 0 Å². The molecule has 3 atom stereocenters. The number of piperidine rings is 1. The zero-order valence-electron chi connectivity index (χ0n) is 12.3. The van der Waals surface area contributed by atoms with Crippen molar-refractivity contribution >= 4 is 21.6 Å². The van der Waals surface area contributed by atoms with E-state index >= 15 is 0 Å². The van der Waals surface area contributed by atoms with Crippen LogP contribution in [0.2, 0.25) is 0 Å². The maximum Gasteiger partial charge on any atom is 0.416 e. The minimum Gasteiger partial charge on any atom is -0.381 e. The van der Waals surface area contributed by atoms with E-state index in [0.717, 1.165) is 19.0 Å². The highest BCUT2D eigenvalue weighted by atomic mass is 79.9. The van der Waals surface area contributed by atoms with Crippen molar-refractivity contribution < 1.29 is 13.2 Å². The summed E-state index contributed by atoms with van der Waals surface area (Å²) in [4.78, 5) is 2.28.